The van der Waals surface area contributed by atoms with Crippen molar-refractivity contribution in [2.45, 2.75) is 309 Å². The lowest BCUT2D eigenvalue weighted by Gasteiger charge is -2.22. The molecule has 0 rings (SSSR count). The molecule has 0 aromatic carbocycles. The molecule has 62 heavy (non-hydrogen) atoms. The van der Waals surface area contributed by atoms with Crippen molar-refractivity contribution >= 4 is 11.9 Å². The second-order valence-corrected chi connectivity index (χ2v) is 18.9. The molecule has 6 heteroatoms. The van der Waals surface area contributed by atoms with Crippen LogP contribution in [0.2, 0.25) is 0 Å². The molecule has 0 aromatic heterocycles. The van der Waals surface area contributed by atoms with Gasteiger partial charge in [0.25, 0.3) is 0 Å². The number of unbranched alkanes of at least 4 members (excludes halogenated alkanes) is 36. The molecule has 6 nitrogen and oxygen atoms in total. The first-order valence-electron chi connectivity index (χ1n) is 27.6. The normalized spacial score (nSPS) is 12.8. The number of carbonyl (C=O) groups is 2. The van der Waals surface area contributed by atoms with Crippen molar-refractivity contribution in [3.8, 4) is 0 Å². The predicted octanol–water partition coefficient (Wildman–Crippen LogP) is 16.7. The van der Waals surface area contributed by atoms with Gasteiger partial charge in [-0.2, -0.15) is 0 Å². The maximum absolute atomic E-state index is 12.5. The van der Waals surface area contributed by atoms with Crippen LogP contribution < -0.4 is 5.32 Å². The molecular weight excluding hydrogens is 767 g/mol. The highest BCUT2D eigenvalue weighted by Crippen LogP contribution is 2.17. The number of esters is 1. The van der Waals surface area contributed by atoms with Crippen LogP contribution in [0.4, 0.5) is 0 Å². The second-order valence-electron chi connectivity index (χ2n) is 18.9. The summed E-state index contributed by atoms with van der Waals surface area (Å²) in [6.45, 7) is 4.92. The van der Waals surface area contributed by atoms with Crippen LogP contribution in [0.5, 0.6) is 0 Å². The summed E-state index contributed by atoms with van der Waals surface area (Å²) in [4.78, 5) is 24.5. The Hall–Kier alpha value is -1.66. The number of hydrogen-bond acceptors (Lipinski definition) is 5. The molecule has 0 aromatic rings. The topological polar surface area (TPSA) is 95.9 Å². The molecule has 366 valence electrons. The van der Waals surface area contributed by atoms with Gasteiger partial charge >= 0.3 is 5.97 Å². The van der Waals surface area contributed by atoms with Crippen molar-refractivity contribution in [2.75, 3.05) is 13.2 Å². The highest BCUT2D eigenvalue weighted by molar-refractivity contribution is 5.76. The lowest BCUT2D eigenvalue weighted by Crippen LogP contribution is -2.45. The zero-order valence-corrected chi connectivity index (χ0v) is 41.6. The van der Waals surface area contributed by atoms with E-state index in [2.05, 4.69) is 43.5 Å². The van der Waals surface area contributed by atoms with E-state index in [1.807, 2.05) is 0 Å². The molecule has 3 N–H and O–H groups in total. The molecule has 0 aliphatic carbocycles. The van der Waals surface area contributed by atoms with Gasteiger partial charge in [0.15, 0.2) is 0 Å². The molecule has 0 aliphatic heterocycles. The van der Waals surface area contributed by atoms with E-state index in [4.69, 9.17) is 4.74 Å². The van der Waals surface area contributed by atoms with E-state index >= 15 is 0 Å². The van der Waals surface area contributed by atoms with Crippen molar-refractivity contribution < 1.29 is 24.5 Å². The maximum atomic E-state index is 12.5. The molecule has 0 radical (unpaired) electrons. The van der Waals surface area contributed by atoms with E-state index in [1.54, 1.807) is 0 Å². The van der Waals surface area contributed by atoms with Crippen LogP contribution in [0.3, 0.4) is 0 Å². The number of ether oxygens (including phenoxy) is 1. The first-order chi connectivity index (χ1) is 30.5. The SMILES string of the molecule is CCCCCC/C=C\C/C=C\CCCCCCCC(=O)OCCCCCCCCCCCCCCCCCC(=O)NC(CO)C(O)CCCCCCCCCCCCCCCC. The number of nitrogens with one attached hydrogen (secondary N) is 1. The minimum atomic E-state index is -0.670. The standard InChI is InChI=1S/C56H107NO5/c1-3-5-7-9-11-13-15-17-19-22-26-30-34-38-42-46-50-56(61)62-51-47-43-39-35-31-27-23-20-21-25-29-33-37-41-45-49-55(60)57-53(52-58)54(59)48-44-40-36-32-28-24-18-16-14-12-10-8-6-4-2/h13,15,19,22,53-54,58-59H,3-12,14,16-18,20-21,23-52H2,1-2H3,(H,57,60)/b15-13-,22-19-. The molecule has 2 atom stereocenters. The number of hydrogen-bond donors (Lipinski definition) is 3. The number of aliphatic hydroxyl groups is 2. The van der Waals surface area contributed by atoms with Gasteiger partial charge in [0.05, 0.1) is 25.4 Å². The van der Waals surface area contributed by atoms with Crippen molar-refractivity contribution in [3.05, 3.63) is 24.3 Å². The summed E-state index contributed by atoms with van der Waals surface area (Å²) in [5.74, 6) is -0.0560. The third-order valence-electron chi connectivity index (χ3n) is 12.8. The van der Waals surface area contributed by atoms with E-state index in [-0.39, 0.29) is 18.5 Å². The third-order valence-corrected chi connectivity index (χ3v) is 12.8. The number of amides is 1. The Labute approximate surface area is 386 Å². The average molecular weight is 874 g/mol. The molecule has 0 heterocycles. The van der Waals surface area contributed by atoms with Gasteiger partial charge in [-0.1, -0.05) is 250 Å². The van der Waals surface area contributed by atoms with Gasteiger partial charge in [0.2, 0.25) is 5.91 Å². The summed E-state index contributed by atoms with van der Waals surface area (Å²) in [7, 11) is 0. The van der Waals surface area contributed by atoms with Crippen molar-refractivity contribution in [1.82, 2.24) is 5.32 Å². The fourth-order valence-corrected chi connectivity index (χ4v) is 8.49. The Morgan fingerprint density at radius 1 is 0.452 bits per heavy atom. The summed E-state index contributed by atoms with van der Waals surface area (Å²) in [6, 6.07) is -0.548. The first kappa shape index (κ1) is 60.3. The van der Waals surface area contributed by atoms with Gasteiger partial charge in [-0.25, -0.2) is 0 Å². The van der Waals surface area contributed by atoms with Crippen LogP contribution >= 0.6 is 0 Å². The quantitative estimate of drug-likeness (QED) is 0.0321. The minimum absolute atomic E-state index is 0.0126. The van der Waals surface area contributed by atoms with Crippen LogP contribution in [0.25, 0.3) is 0 Å². The fraction of sp³-hybridized carbons (Fsp3) is 0.893. The molecule has 0 saturated carbocycles. The van der Waals surface area contributed by atoms with Crippen LogP contribution in [0, 0.1) is 0 Å². The van der Waals surface area contributed by atoms with E-state index < -0.39 is 12.1 Å². The molecule has 0 fully saturated rings. The summed E-state index contributed by atoms with van der Waals surface area (Å²) in [5, 5.41) is 23.2. The predicted molar refractivity (Wildman–Crippen MR) is 269 cm³/mol. The van der Waals surface area contributed by atoms with Gasteiger partial charge in [-0.05, 0) is 57.8 Å². The average Bonchev–Trinajstić information content (AvgIpc) is 3.27. The van der Waals surface area contributed by atoms with Crippen LogP contribution in [-0.4, -0.2) is 47.4 Å². The molecule has 0 aliphatic rings. The van der Waals surface area contributed by atoms with Crippen molar-refractivity contribution in [1.29, 1.82) is 0 Å². The van der Waals surface area contributed by atoms with Gasteiger partial charge in [-0.3, -0.25) is 9.59 Å². The zero-order chi connectivity index (χ0) is 45.1. The van der Waals surface area contributed by atoms with Crippen LogP contribution in [0.1, 0.15) is 296 Å². The van der Waals surface area contributed by atoms with Gasteiger partial charge in [-0.15, -0.1) is 0 Å². The molecule has 1 amide bonds. The number of carbonyl (C=O) groups excluding carboxylic acids is 2. The Bertz CT molecular complexity index is 966. The van der Waals surface area contributed by atoms with Crippen LogP contribution in [-0.2, 0) is 14.3 Å². The number of allylic oxidation sites excluding steroid dienone is 4. The van der Waals surface area contributed by atoms with Crippen molar-refractivity contribution in [2.24, 2.45) is 0 Å². The Balaban J connectivity index is 3.43. The second kappa shape index (κ2) is 52.0. The molecular formula is C56H107NO5. The Kier molecular flexibility index (Phi) is 50.6. The highest BCUT2D eigenvalue weighted by Gasteiger charge is 2.20. The van der Waals surface area contributed by atoms with E-state index in [0.29, 0.717) is 25.9 Å². The van der Waals surface area contributed by atoms with Crippen molar-refractivity contribution in [3.63, 3.8) is 0 Å². The van der Waals surface area contributed by atoms with E-state index in [0.717, 1.165) is 57.8 Å². The smallest absolute Gasteiger partial charge is 0.305 e. The lowest BCUT2D eigenvalue weighted by molar-refractivity contribution is -0.143. The zero-order valence-electron chi connectivity index (χ0n) is 41.6. The molecule has 0 bridgehead atoms. The van der Waals surface area contributed by atoms with Crippen LogP contribution in [0.15, 0.2) is 24.3 Å². The minimum Gasteiger partial charge on any atom is -0.466 e. The molecule has 0 spiro atoms. The number of aliphatic hydroxyl groups excluding tert-OH is 2. The third kappa shape index (κ3) is 47.8. The van der Waals surface area contributed by atoms with Gasteiger partial charge in [0.1, 0.15) is 0 Å². The monoisotopic (exact) mass is 874 g/mol. The van der Waals surface area contributed by atoms with Gasteiger partial charge < -0.3 is 20.3 Å². The summed E-state index contributed by atoms with van der Waals surface area (Å²) >= 11 is 0. The summed E-state index contributed by atoms with van der Waals surface area (Å²) < 4.78 is 5.47. The largest absolute Gasteiger partial charge is 0.466 e. The molecule has 0 saturated heterocycles. The highest BCUT2D eigenvalue weighted by atomic mass is 16.5. The molecule has 2 unspecified atom stereocenters. The van der Waals surface area contributed by atoms with Gasteiger partial charge in [0, 0.05) is 12.8 Å². The number of rotatable bonds is 51. The first-order valence-corrected chi connectivity index (χ1v) is 27.6. The summed E-state index contributed by atoms with van der Waals surface area (Å²) in [5.41, 5.74) is 0. The van der Waals surface area contributed by atoms with E-state index in [1.165, 1.54) is 205 Å². The Morgan fingerprint density at radius 3 is 1.24 bits per heavy atom. The Morgan fingerprint density at radius 2 is 0.806 bits per heavy atom. The maximum Gasteiger partial charge on any atom is 0.305 e. The lowest BCUT2D eigenvalue weighted by atomic mass is 10.0. The fourth-order valence-electron chi connectivity index (χ4n) is 8.49. The van der Waals surface area contributed by atoms with E-state index in [9.17, 15) is 19.8 Å². The summed E-state index contributed by atoms with van der Waals surface area (Å²) in [6.07, 6.45) is 61.5.